The van der Waals surface area contributed by atoms with E-state index >= 15 is 0 Å². The fourth-order valence-corrected chi connectivity index (χ4v) is 4.35. The number of aromatic amines is 1. The van der Waals surface area contributed by atoms with Gasteiger partial charge in [0.25, 0.3) is 5.56 Å². The Morgan fingerprint density at radius 2 is 2.03 bits per heavy atom. The predicted molar refractivity (Wildman–Crippen MR) is 128 cm³/mol. The molecule has 0 bridgehead atoms. The second-order valence-corrected chi connectivity index (χ2v) is 8.95. The Morgan fingerprint density at radius 3 is 2.75 bits per heavy atom. The van der Waals surface area contributed by atoms with Crippen molar-refractivity contribution in [3.05, 3.63) is 45.9 Å². The van der Waals surface area contributed by atoms with Crippen LogP contribution in [0.2, 0.25) is 0 Å². The highest BCUT2D eigenvalue weighted by molar-refractivity contribution is 5.77. The molecule has 0 unspecified atom stereocenters. The summed E-state index contributed by atoms with van der Waals surface area (Å²) in [7, 11) is 1.81. The van der Waals surface area contributed by atoms with Crippen LogP contribution in [0.25, 0.3) is 11.0 Å². The van der Waals surface area contributed by atoms with E-state index in [1.807, 2.05) is 0 Å². The lowest BCUT2D eigenvalue weighted by atomic mass is 10.1. The number of ether oxygens (including phenoxy) is 1. The van der Waals surface area contributed by atoms with Crippen LogP contribution in [0, 0.1) is 5.92 Å². The molecule has 0 radical (unpaired) electrons. The molecule has 172 valence electrons. The molecule has 1 aliphatic heterocycles. The molecule has 1 saturated heterocycles. The third-order valence-electron chi connectivity index (χ3n) is 5.78. The molecule has 3 heterocycles. The Hall–Kier alpha value is -2.87. The van der Waals surface area contributed by atoms with Crippen LogP contribution >= 0.6 is 0 Å². The van der Waals surface area contributed by atoms with Crippen molar-refractivity contribution in [2.24, 2.45) is 13.0 Å². The second-order valence-electron chi connectivity index (χ2n) is 8.95. The Balaban J connectivity index is 1.68. The van der Waals surface area contributed by atoms with Gasteiger partial charge in [-0.25, -0.2) is 4.98 Å². The molecule has 3 aromatic rings. The lowest BCUT2D eigenvalue weighted by Crippen LogP contribution is -2.36. The highest BCUT2D eigenvalue weighted by atomic mass is 16.5. The van der Waals surface area contributed by atoms with Gasteiger partial charge in [-0.1, -0.05) is 39.3 Å². The zero-order valence-electron chi connectivity index (χ0n) is 19.6. The van der Waals surface area contributed by atoms with Crippen molar-refractivity contribution in [3.8, 4) is 0 Å². The van der Waals surface area contributed by atoms with Crippen LogP contribution in [0.1, 0.15) is 38.4 Å². The van der Waals surface area contributed by atoms with Crippen molar-refractivity contribution in [1.29, 1.82) is 0 Å². The molecule has 0 atom stereocenters. The predicted octanol–water partition coefficient (Wildman–Crippen LogP) is 3.11. The minimum Gasteiger partial charge on any atom is -0.378 e. The number of aromatic nitrogens is 4. The minimum atomic E-state index is -0.141. The first-order valence-corrected chi connectivity index (χ1v) is 11.6. The molecule has 2 aromatic heterocycles. The van der Waals surface area contributed by atoms with E-state index in [1.165, 1.54) is 11.3 Å². The smallest absolute Gasteiger partial charge is 0.278 e. The number of hydrogen-bond donors (Lipinski definition) is 1. The molecule has 0 spiro atoms. The number of nitrogens with zero attached hydrogens (tertiary/aromatic N) is 5. The van der Waals surface area contributed by atoms with Crippen molar-refractivity contribution in [2.75, 3.05) is 42.6 Å². The van der Waals surface area contributed by atoms with Crippen LogP contribution < -0.4 is 15.4 Å². The van der Waals surface area contributed by atoms with E-state index in [-0.39, 0.29) is 5.56 Å². The van der Waals surface area contributed by atoms with Gasteiger partial charge in [-0.2, -0.15) is 5.10 Å². The van der Waals surface area contributed by atoms with E-state index in [4.69, 9.17) is 9.72 Å². The topological polar surface area (TPSA) is 79.3 Å². The van der Waals surface area contributed by atoms with E-state index in [1.54, 1.807) is 11.7 Å². The van der Waals surface area contributed by atoms with Gasteiger partial charge in [0.05, 0.1) is 18.9 Å². The van der Waals surface area contributed by atoms with Crippen molar-refractivity contribution < 1.29 is 4.74 Å². The number of morpholine rings is 1. The van der Waals surface area contributed by atoms with E-state index in [0.29, 0.717) is 29.4 Å². The van der Waals surface area contributed by atoms with Crippen molar-refractivity contribution in [3.63, 3.8) is 0 Å². The lowest BCUT2D eigenvalue weighted by molar-refractivity contribution is 0.122. The number of aryl methyl sites for hydroxylation is 2. The van der Waals surface area contributed by atoms with E-state index in [0.717, 1.165) is 51.4 Å². The highest BCUT2D eigenvalue weighted by Crippen LogP contribution is 2.22. The maximum absolute atomic E-state index is 12.9. The van der Waals surface area contributed by atoms with Gasteiger partial charge < -0.3 is 14.5 Å². The maximum Gasteiger partial charge on any atom is 0.278 e. The highest BCUT2D eigenvalue weighted by Gasteiger charge is 2.19. The Labute approximate surface area is 189 Å². The molecule has 4 rings (SSSR count). The third kappa shape index (κ3) is 4.80. The van der Waals surface area contributed by atoms with Gasteiger partial charge in [0.1, 0.15) is 5.52 Å². The lowest BCUT2D eigenvalue weighted by Gasteiger charge is -2.30. The molecule has 0 saturated carbocycles. The summed E-state index contributed by atoms with van der Waals surface area (Å²) in [4.78, 5) is 25.4. The minimum absolute atomic E-state index is 0.141. The molecule has 1 aromatic carbocycles. The normalized spacial score (nSPS) is 14.5. The number of benzene rings is 1. The molecular weight excluding hydrogens is 404 g/mol. The van der Waals surface area contributed by atoms with Gasteiger partial charge >= 0.3 is 0 Å². The monoisotopic (exact) mass is 438 g/mol. The number of anilines is 2. The van der Waals surface area contributed by atoms with Crippen LogP contribution in [0.5, 0.6) is 0 Å². The summed E-state index contributed by atoms with van der Waals surface area (Å²) < 4.78 is 7.14. The number of fused-ring (bicyclic) bond motifs is 1. The molecule has 32 heavy (non-hydrogen) atoms. The average Bonchev–Trinajstić information content (AvgIpc) is 3.10. The summed E-state index contributed by atoms with van der Waals surface area (Å²) >= 11 is 0. The molecule has 0 amide bonds. The number of hydrogen-bond acceptors (Lipinski definition) is 6. The van der Waals surface area contributed by atoms with Crippen LogP contribution in [-0.2, 0) is 24.8 Å². The van der Waals surface area contributed by atoms with Crippen LogP contribution in [0.4, 0.5) is 11.6 Å². The van der Waals surface area contributed by atoms with Gasteiger partial charge in [-0.15, -0.1) is 0 Å². The molecule has 1 aliphatic rings. The van der Waals surface area contributed by atoms with Gasteiger partial charge in [0.15, 0.2) is 5.52 Å². The fraction of sp³-hybridized carbons (Fsp3) is 0.542. The molecule has 1 fully saturated rings. The third-order valence-corrected chi connectivity index (χ3v) is 5.78. The largest absolute Gasteiger partial charge is 0.378 e. The van der Waals surface area contributed by atoms with Gasteiger partial charge in [-0.05, 0) is 30.0 Å². The van der Waals surface area contributed by atoms with Gasteiger partial charge in [0, 0.05) is 38.9 Å². The van der Waals surface area contributed by atoms with Crippen molar-refractivity contribution >= 4 is 22.7 Å². The van der Waals surface area contributed by atoms with E-state index in [9.17, 15) is 4.79 Å². The number of nitrogens with one attached hydrogen (secondary N) is 1. The zero-order valence-corrected chi connectivity index (χ0v) is 19.6. The first-order valence-electron chi connectivity index (χ1n) is 11.6. The summed E-state index contributed by atoms with van der Waals surface area (Å²) in [5.41, 5.74) is 4.40. The average molecular weight is 439 g/mol. The molecule has 8 heteroatoms. The first-order chi connectivity index (χ1) is 15.5. The maximum atomic E-state index is 12.9. The Kier molecular flexibility index (Phi) is 6.79. The fourth-order valence-electron chi connectivity index (χ4n) is 4.35. The van der Waals surface area contributed by atoms with E-state index in [2.05, 4.69) is 64.9 Å². The number of H-pyrrole nitrogens is 1. The number of rotatable bonds is 8. The van der Waals surface area contributed by atoms with Crippen LogP contribution in [-0.4, -0.2) is 52.6 Å². The quantitative estimate of drug-likeness (QED) is 0.582. The summed E-state index contributed by atoms with van der Waals surface area (Å²) in [6, 6.07) is 8.64. The molecule has 8 nitrogen and oxygen atoms in total. The standard InChI is InChI=1S/C24H34N6O2/c1-5-7-20-21-22(28(4)27-20)23(31)26-24(25-21)30(15-17(2)3)16-18-8-6-9-19(14-18)29-10-12-32-13-11-29/h6,8-9,14,17H,5,7,10-13,15-16H2,1-4H3,(H,25,26,31). The van der Waals surface area contributed by atoms with E-state index < -0.39 is 0 Å². The molecule has 0 aliphatic carbocycles. The first kappa shape index (κ1) is 22.3. The van der Waals surface area contributed by atoms with Crippen LogP contribution in [0.3, 0.4) is 0 Å². The summed E-state index contributed by atoms with van der Waals surface area (Å²) in [6.45, 7) is 11.3. The van der Waals surface area contributed by atoms with Crippen LogP contribution in [0.15, 0.2) is 29.1 Å². The SMILES string of the molecule is CCCc1nn(C)c2c(=O)[nH]c(N(Cc3cccc(N4CCOCC4)c3)CC(C)C)nc12. The Morgan fingerprint density at radius 1 is 1.25 bits per heavy atom. The summed E-state index contributed by atoms with van der Waals surface area (Å²) in [5.74, 6) is 1.03. The molecule has 1 N–H and O–H groups in total. The van der Waals surface area contributed by atoms with Crippen molar-refractivity contribution in [2.45, 2.75) is 40.2 Å². The zero-order chi connectivity index (χ0) is 22.7. The second kappa shape index (κ2) is 9.73. The summed E-state index contributed by atoms with van der Waals surface area (Å²) in [5, 5.41) is 4.55. The van der Waals surface area contributed by atoms with Crippen molar-refractivity contribution in [1.82, 2.24) is 19.7 Å². The van der Waals surface area contributed by atoms with Gasteiger partial charge in [-0.3, -0.25) is 14.5 Å². The van der Waals surface area contributed by atoms with Gasteiger partial charge in [0.2, 0.25) is 5.95 Å². The summed E-state index contributed by atoms with van der Waals surface area (Å²) in [6.07, 6.45) is 1.76. The molecular formula is C24H34N6O2. The Bertz CT molecular complexity index is 1110.